The van der Waals surface area contributed by atoms with Crippen LogP contribution >= 0.6 is 23.2 Å². The van der Waals surface area contributed by atoms with Crippen LogP contribution in [0.2, 0.25) is 10.0 Å². The maximum absolute atomic E-state index is 15.2. The third kappa shape index (κ3) is 11.7. The van der Waals surface area contributed by atoms with E-state index in [9.17, 15) is 14.7 Å². The number of fused-ring (bicyclic) bond motifs is 1. The number of nitrogens with zero attached hydrogens (tertiary/aromatic N) is 2. The van der Waals surface area contributed by atoms with E-state index in [0.29, 0.717) is 28.9 Å². The van der Waals surface area contributed by atoms with E-state index in [-0.39, 0.29) is 43.7 Å². The lowest BCUT2D eigenvalue weighted by molar-refractivity contribution is -0.309. The summed E-state index contributed by atoms with van der Waals surface area (Å²) in [6.07, 6.45) is 2.09. The highest BCUT2D eigenvalue weighted by Crippen LogP contribution is 2.45. The van der Waals surface area contributed by atoms with Crippen molar-refractivity contribution in [3.05, 3.63) is 33.8 Å². The minimum atomic E-state index is -1.43. The number of carbonyl (C=O) groups is 3. The van der Waals surface area contributed by atoms with Gasteiger partial charge in [-0.3, -0.25) is 14.5 Å². The van der Waals surface area contributed by atoms with E-state index in [1.807, 2.05) is 47.6 Å². The highest BCUT2D eigenvalue weighted by molar-refractivity contribution is 6.42. The van der Waals surface area contributed by atoms with Gasteiger partial charge in [0.05, 0.1) is 57.6 Å². The second kappa shape index (κ2) is 22.8. The Labute approximate surface area is 416 Å². The van der Waals surface area contributed by atoms with Crippen molar-refractivity contribution in [2.24, 2.45) is 23.7 Å². The van der Waals surface area contributed by atoms with Crippen molar-refractivity contribution >= 4 is 41.0 Å². The van der Waals surface area contributed by atoms with E-state index in [1.54, 1.807) is 52.0 Å². The van der Waals surface area contributed by atoms with Crippen LogP contribution in [0.3, 0.4) is 0 Å². The summed E-state index contributed by atoms with van der Waals surface area (Å²) >= 11 is 12.6. The first-order valence-electron chi connectivity index (χ1n) is 25.3. The lowest BCUT2D eigenvalue weighted by atomic mass is 9.73. The van der Waals surface area contributed by atoms with Crippen LogP contribution in [0.15, 0.2) is 18.2 Å². The number of aliphatic hydroxyl groups excluding tert-OH is 1. The number of ketones is 1. The van der Waals surface area contributed by atoms with Gasteiger partial charge in [-0.1, -0.05) is 76.2 Å². The number of cyclic esters (lactones) is 1. The van der Waals surface area contributed by atoms with Gasteiger partial charge in [-0.05, 0) is 105 Å². The molecule has 5 fully saturated rings. The number of aliphatic hydroxyl groups is 1. The molecule has 14 nitrogen and oxygen atoms in total. The van der Waals surface area contributed by atoms with E-state index >= 15 is 4.79 Å². The monoisotopic (exact) mass is 997 g/mol. The number of hydrogen-bond acceptors (Lipinski definition) is 13. The van der Waals surface area contributed by atoms with E-state index in [2.05, 4.69) is 18.9 Å². The zero-order valence-corrected chi connectivity index (χ0v) is 44.5. The van der Waals surface area contributed by atoms with E-state index in [4.69, 9.17) is 61.1 Å². The number of methoxy groups -OCH3 is 2. The Bertz CT molecular complexity index is 1890. The first kappa shape index (κ1) is 55.2. The fourth-order valence-corrected chi connectivity index (χ4v) is 12.8. The average Bonchev–Trinajstić information content (AvgIpc) is 3.58. The van der Waals surface area contributed by atoms with E-state index in [0.717, 1.165) is 12.0 Å². The van der Waals surface area contributed by atoms with Crippen LogP contribution < -0.4 is 0 Å². The summed E-state index contributed by atoms with van der Waals surface area (Å²) in [6.45, 7) is 18.9. The molecule has 1 aromatic rings. The lowest BCUT2D eigenvalue weighted by Gasteiger charge is -2.49. The molecule has 0 unspecified atom stereocenters. The predicted octanol–water partition coefficient (Wildman–Crippen LogP) is 9.19. The molecule has 1 saturated carbocycles. The van der Waals surface area contributed by atoms with Gasteiger partial charge in [-0.15, -0.1) is 0 Å². The zero-order valence-electron chi connectivity index (χ0n) is 43.0. The molecular formula is C52H82Cl2N2O12. The normalized spacial score (nSPS) is 41.5. The molecule has 5 aliphatic rings. The van der Waals surface area contributed by atoms with Gasteiger partial charge in [0.1, 0.15) is 18.0 Å². The van der Waals surface area contributed by atoms with E-state index in [1.165, 1.54) is 32.1 Å². The number of benzene rings is 1. The summed E-state index contributed by atoms with van der Waals surface area (Å²) in [4.78, 5) is 48.4. The van der Waals surface area contributed by atoms with Crippen LogP contribution in [0.5, 0.6) is 0 Å². The summed E-state index contributed by atoms with van der Waals surface area (Å²) in [5.41, 5.74) is -2.74. The van der Waals surface area contributed by atoms with Crippen molar-refractivity contribution in [1.82, 2.24) is 9.80 Å². The molecule has 6 rings (SSSR count). The fraction of sp³-hybridized carbons (Fsp3) is 0.827. The van der Waals surface area contributed by atoms with Crippen molar-refractivity contribution in [2.75, 3.05) is 27.8 Å². The molecule has 1 aromatic carbocycles. The van der Waals surface area contributed by atoms with Gasteiger partial charge in [0.15, 0.2) is 18.2 Å². The predicted molar refractivity (Wildman–Crippen MR) is 260 cm³/mol. The molecule has 386 valence electrons. The molecule has 0 radical (unpaired) electrons. The molecule has 0 aromatic heterocycles. The molecule has 1 amide bonds. The molecule has 4 heterocycles. The minimum absolute atomic E-state index is 0.0961. The maximum atomic E-state index is 15.2. The molecule has 16 heteroatoms. The molecule has 17 atom stereocenters. The SMILES string of the molecule is CC[C@@H]1OC(=O)[C@H](C)[C@@H](O[C@H]2C[C@@](C)(OC)[C@@H](O)[C@H](C)O2)[C@H](C)[C@@H](O[C@H]2C[C@@H](N(C)C3CCCCC3)C[C@@H](C)O2)[C@@](C)(OC)C[C@@H](C)C(=O)[C@@H](C)[C@H]2N(CCc3ccc(Cl)c(Cl)c3)C(=O)O[C@]12C. The van der Waals surface area contributed by atoms with Crippen LogP contribution in [-0.4, -0.2) is 145 Å². The Hall–Kier alpha value is -2.11. The number of amides is 1. The average molecular weight is 998 g/mol. The number of hydrogen-bond donors (Lipinski definition) is 1. The minimum Gasteiger partial charge on any atom is -0.458 e. The summed E-state index contributed by atoms with van der Waals surface area (Å²) < 4.78 is 52.6. The number of carbonyl (C=O) groups excluding carboxylic acids is 3. The summed E-state index contributed by atoms with van der Waals surface area (Å²) in [7, 11) is 5.40. The molecule has 1 aliphatic carbocycles. The lowest BCUT2D eigenvalue weighted by Crippen LogP contribution is -2.60. The van der Waals surface area contributed by atoms with Crippen molar-refractivity contribution in [1.29, 1.82) is 0 Å². The van der Waals surface area contributed by atoms with Gasteiger partial charge in [0.25, 0.3) is 0 Å². The summed E-state index contributed by atoms with van der Waals surface area (Å²) in [5.74, 6) is -3.60. The maximum Gasteiger partial charge on any atom is 0.410 e. The van der Waals surface area contributed by atoms with Gasteiger partial charge in [-0.2, -0.15) is 0 Å². The van der Waals surface area contributed by atoms with Crippen molar-refractivity contribution in [3.8, 4) is 0 Å². The molecule has 4 saturated heterocycles. The van der Waals surface area contributed by atoms with Gasteiger partial charge in [0.2, 0.25) is 0 Å². The van der Waals surface area contributed by atoms with E-state index < -0.39 is 102 Å². The topological polar surface area (TPSA) is 152 Å². The smallest absolute Gasteiger partial charge is 0.410 e. The standard InChI is InChI=1S/C52H82Cl2N2O12/c1-14-40-52(10)45(56(49(60)68-52)23-22-35-20-21-38(53)39(54)25-35)31(4)43(57)29(2)27-51(9,62-13)47(67-41-26-37(24-30(3)63-41)55(11)36-18-16-15-17-19-36)32(5)44(33(6)48(59)65-40)66-42-28-50(8,61-12)46(58)34(7)64-42/h20-21,25,29-34,36-37,40-42,44-47,58H,14-19,22-24,26-28H2,1-13H3/t29-,30-,31-,32+,33-,34+,37+,40+,41+,42+,44+,45-,46+,47-,50-,51+,52-/m1/s1. The van der Waals surface area contributed by atoms with Gasteiger partial charge >= 0.3 is 12.1 Å². The molecule has 0 spiro atoms. The van der Waals surface area contributed by atoms with Crippen LogP contribution in [0.25, 0.3) is 0 Å². The molecule has 68 heavy (non-hydrogen) atoms. The molecule has 4 aliphatic heterocycles. The summed E-state index contributed by atoms with van der Waals surface area (Å²) in [5, 5.41) is 12.0. The van der Waals surface area contributed by atoms with Gasteiger partial charge in [0, 0.05) is 63.4 Å². The largest absolute Gasteiger partial charge is 0.458 e. The molecule has 0 bridgehead atoms. The highest BCUT2D eigenvalue weighted by atomic mass is 35.5. The first-order valence-corrected chi connectivity index (χ1v) is 26.1. The number of esters is 1. The quantitative estimate of drug-likeness (QED) is 0.198. The fourth-order valence-electron chi connectivity index (χ4n) is 12.4. The Morgan fingerprint density at radius 2 is 1.51 bits per heavy atom. The second-order valence-corrected chi connectivity index (χ2v) is 22.4. The first-order chi connectivity index (χ1) is 32.0. The van der Waals surface area contributed by atoms with Crippen LogP contribution in [-0.2, 0) is 53.9 Å². The van der Waals surface area contributed by atoms with Crippen LogP contribution in [0.4, 0.5) is 4.79 Å². The number of ether oxygens (including phenoxy) is 8. The van der Waals surface area contributed by atoms with Gasteiger partial charge < -0.3 is 47.9 Å². The number of rotatable bonds is 12. The van der Waals surface area contributed by atoms with Crippen molar-refractivity contribution in [2.45, 2.75) is 224 Å². The molecule has 1 N–H and O–H groups in total. The Balaban J connectivity index is 1.42. The third-order valence-corrected chi connectivity index (χ3v) is 17.4. The van der Waals surface area contributed by atoms with Crippen LogP contribution in [0, 0.1) is 23.7 Å². The Morgan fingerprint density at radius 1 is 0.838 bits per heavy atom. The number of halogens is 2. The zero-order chi connectivity index (χ0) is 50.0. The summed E-state index contributed by atoms with van der Waals surface area (Å²) in [6, 6.07) is 5.22. The van der Waals surface area contributed by atoms with Crippen LogP contribution in [0.1, 0.15) is 139 Å². The van der Waals surface area contributed by atoms with Crippen molar-refractivity contribution in [3.63, 3.8) is 0 Å². The van der Waals surface area contributed by atoms with Gasteiger partial charge in [-0.25, -0.2) is 4.79 Å². The highest BCUT2D eigenvalue weighted by Gasteiger charge is 2.61. The Morgan fingerprint density at radius 3 is 2.15 bits per heavy atom. The number of Topliss-reactive ketones (excluding diaryl/α,β-unsaturated/α-hetero) is 1. The Kier molecular flexibility index (Phi) is 18.5. The molecular weight excluding hydrogens is 915 g/mol. The third-order valence-electron chi connectivity index (χ3n) is 16.7. The second-order valence-electron chi connectivity index (χ2n) is 21.5. The van der Waals surface area contributed by atoms with Crippen molar-refractivity contribution < 1.29 is 57.4 Å².